The number of allylic oxidation sites excluding steroid dienone is 4. The van der Waals surface area contributed by atoms with E-state index in [-0.39, 0.29) is 12.0 Å². The van der Waals surface area contributed by atoms with E-state index in [1.54, 1.807) is 15.6 Å². The number of fused-ring (bicyclic) bond motifs is 2. The lowest BCUT2D eigenvalue weighted by Gasteiger charge is -2.21. The normalized spacial score (nSPS) is 25.5. The summed E-state index contributed by atoms with van der Waals surface area (Å²) in [5.41, 5.74) is 0.925. The van der Waals surface area contributed by atoms with Gasteiger partial charge in [-0.15, -0.1) is 5.10 Å². The summed E-state index contributed by atoms with van der Waals surface area (Å²) in [6.45, 7) is 0. The third kappa shape index (κ3) is 1.95. The smallest absolute Gasteiger partial charge is 0.241 e. The van der Waals surface area contributed by atoms with Crippen LogP contribution in [0.15, 0.2) is 54.8 Å². The van der Waals surface area contributed by atoms with Gasteiger partial charge in [0.2, 0.25) is 0 Å². The van der Waals surface area contributed by atoms with Gasteiger partial charge in [0.05, 0.1) is 17.8 Å². The summed E-state index contributed by atoms with van der Waals surface area (Å²) in [7, 11) is 0. The molecule has 2 aliphatic rings. The Morgan fingerprint density at radius 3 is 2.96 bits per heavy atom. The number of rotatable bonds is 2. The molecule has 0 spiro atoms. The Morgan fingerprint density at radius 2 is 2.08 bits per heavy atom. The molecule has 0 amide bonds. The van der Waals surface area contributed by atoms with Crippen LogP contribution in [-0.2, 0) is 0 Å². The van der Waals surface area contributed by atoms with E-state index in [4.69, 9.17) is 0 Å². The molecule has 1 aliphatic carbocycles. The Bertz CT molecular complexity index is 967. The molecule has 3 heterocycles. The molecule has 0 bridgehead atoms. The van der Waals surface area contributed by atoms with E-state index in [2.05, 4.69) is 27.3 Å². The fraction of sp³-hybridized carbons (Fsp3) is 0.278. The molecule has 0 fully saturated rings. The number of halogens is 1. The highest BCUT2D eigenvalue weighted by Crippen LogP contribution is 2.42. The molecule has 1 unspecified atom stereocenters. The van der Waals surface area contributed by atoms with Gasteiger partial charge in [0, 0.05) is 17.7 Å². The second-order valence-corrected chi connectivity index (χ2v) is 6.31. The van der Waals surface area contributed by atoms with E-state index >= 15 is 0 Å². The van der Waals surface area contributed by atoms with Gasteiger partial charge in [-0.3, -0.25) is 0 Å². The highest BCUT2D eigenvalue weighted by atomic mass is 19.1. The van der Waals surface area contributed by atoms with E-state index < -0.39 is 6.17 Å². The predicted octanol–water partition coefficient (Wildman–Crippen LogP) is 3.70. The van der Waals surface area contributed by atoms with Gasteiger partial charge < -0.3 is 0 Å². The number of alkyl halides is 1. The molecule has 1 aliphatic heterocycles. The molecule has 2 aromatic heterocycles. The molecular formula is C18H16FN5. The Morgan fingerprint density at radius 1 is 1.17 bits per heavy atom. The minimum atomic E-state index is -1.07. The molecule has 3 aromatic rings. The van der Waals surface area contributed by atoms with Crippen molar-refractivity contribution in [1.29, 1.82) is 0 Å². The molecule has 5 rings (SSSR count). The van der Waals surface area contributed by atoms with E-state index in [1.165, 1.54) is 0 Å². The summed E-state index contributed by atoms with van der Waals surface area (Å²) in [5.74, 6) is 1.12. The van der Waals surface area contributed by atoms with Crippen LogP contribution in [0.5, 0.6) is 0 Å². The van der Waals surface area contributed by atoms with Crippen LogP contribution in [0.4, 0.5) is 4.39 Å². The van der Waals surface area contributed by atoms with Crippen LogP contribution < -0.4 is 0 Å². The molecular weight excluding hydrogens is 305 g/mol. The SMILES string of the molecule is F[C@H]1C[C@@H](C2C=CC=CC2)n2nc(-n3ncc4ccccc43)nc21. The van der Waals surface area contributed by atoms with E-state index in [1.807, 2.05) is 36.4 Å². The fourth-order valence-electron chi connectivity index (χ4n) is 3.66. The van der Waals surface area contributed by atoms with Gasteiger partial charge in [-0.25, -0.2) is 9.07 Å². The maximum atomic E-state index is 14.5. The average Bonchev–Trinajstić information content (AvgIpc) is 3.30. The lowest BCUT2D eigenvalue weighted by molar-refractivity contribution is 0.291. The number of para-hydroxylation sites is 1. The molecule has 5 nitrogen and oxygen atoms in total. The van der Waals surface area contributed by atoms with Crippen LogP contribution in [0.2, 0.25) is 0 Å². The molecule has 6 heteroatoms. The Hall–Kier alpha value is -2.76. The molecule has 0 N–H and O–H groups in total. The van der Waals surface area contributed by atoms with Crippen molar-refractivity contribution in [3.05, 3.63) is 60.6 Å². The predicted molar refractivity (Wildman–Crippen MR) is 88.5 cm³/mol. The van der Waals surface area contributed by atoms with Crippen molar-refractivity contribution in [3.63, 3.8) is 0 Å². The molecule has 24 heavy (non-hydrogen) atoms. The van der Waals surface area contributed by atoms with Crippen LogP contribution in [0.3, 0.4) is 0 Å². The van der Waals surface area contributed by atoms with Gasteiger partial charge in [-0.2, -0.15) is 14.8 Å². The molecule has 1 aromatic carbocycles. The van der Waals surface area contributed by atoms with Crippen LogP contribution in [0.25, 0.3) is 16.9 Å². The lowest BCUT2D eigenvalue weighted by atomic mass is 9.91. The lowest BCUT2D eigenvalue weighted by Crippen LogP contribution is -2.16. The Labute approximate surface area is 138 Å². The zero-order chi connectivity index (χ0) is 16.1. The number of aromatic nitrogens is 5. The average molecular weight is 321 g/mol. The summed E-state index contributed by atoms with van der Waals surface area (Å²) in [6.07, 6.45) is 10.4. The monoisotopic (exact) mass is 321 g/mol. The van der Waals surface area contributed by atoms with Gasteiger partial charge in [-0.05, 0) is 12.5 Å². The van der Waals surface area contributed by atoms with Crippen molar-refractivity contribution in [2.45, 2.75) is 25.1 Å². The van der Waals surface area contributed by atoms with Gasteiger partial charge in [0.25, 0.3) is 5.95 Å². The summed E-state index contributed by atoms with van der Waals surface area (Å²) >= 11 is 0. The van der Waals surface area contributed by atoms with Crippen LogP contribution in [-0.4, -0.2) is 24.5 Å². The molecule has 3 atom stereocenters. The fourth-order valence-corrected chi connectivity index (χ4v) is 3.66. The van der Waals surface area contributed by atoms with Crippen molar-refractivity contribution in [3.8, 4) is 5.95 Å². The van der Waals surface area contributed by atoms with Crippen LogP contribution >= 0.6 is 0 Å². The van der Waals surface area contributed by atoms with Crippen molar-refractivity contribution in [1.82, 2.24) is 24.5 Å². The second kappa shape index (κ2) is 5.12. The topological polar surface area (TPSA) is 48.5 Å². The zero-order valence-corrected chi connectivity index (χ0v) is 13.0. The van der Waals surface area contributed by atoms with E-state index in [9.17, 15) is 4.39 Å². The second-order valence-electron chi connectivity index (χ2n) is 6.31. The summed E-state index contributed by atoms with van der Waals surface area (Å²) in [6, 6.07) is 7.88. The summed E-state index contributed by atoms with van der Waals surface area (Å²) in [4.78, 5) is 4.44. The molecule has 0 saturated heterocycles. The van der Waals surface area contributed by atoms with E-state index in [0.29, 0.717) is 18.2 Å². The van der Waals surface area contributed by atoms with Crippen LogP contribution in [0.1, 0.15) is 30.9 Å². The first-order valence-corrected chi connectivity index (χ1v) is 8.18. The molecule has 0 radical (unpaired) electrons. The minimum absolute atomic E-state index is 0.0132. The highest BCUT2D eigenvalue weighted by Gasteiger charge is 2.38. The molecule has 0 saturated carbocycles. The largest absolute Gasteiger partial charge is 0.270 e. The number of hydrogen-bond donors (Lipinski definition) is 0. The van der Waals surface area contributed by atoms with Crippen molar-refractivity contribution in [2.24, 2.45) is 5.92 Å². The maximum absolute atomic E-state index is 14.5. The Balaban J connectivity index is 1.58. The van der Waals surface area contributed by atoms with Gasteiger partial charge in [0.1, 0.15) is 0 Å². The summed E-state index contributed by atoms with van der Waals surface area (Å²) < 4.78 is 17.9. The third-order valence-corrected chi connectivity index (χ3v) is 4.86. The van der Waals surface area contributed by atoms with Gasteiger partial charge in [0.15, 0.2) is 12.0 Å². The molecule has 120 valence electrons. The standard InChI is InChI=1S/C18H16FN5/c19-14-10-16(12-6-2-1-3-7-12)23-17(14)21-18(22-23)24-15-9-5-4-8-13(15)11-20-24/h1-6,8-9,11-12,14,16H,7,10H2/t12?,14-,16-/m0/s1. The number of nitrogens with zero attached hydrogens (tertiary/aromatic N) is 5. The first kappa shape index (κ1) is 13.7. The van der Waals surface area contributed by atoms with Gasteiger partial charge >= 0.3 is 0 Å². The highest BCUT2D eigenvalue weighted by molar-refractivity contribution is 5.79. The first-order chi connectivity index (χ1) is 11.8. The van der Waals surface area contributed by atoms with Crippen LogP contribution in [0, 0.1) is 5.92 Å². The van der Waals surface area contributed by atoms with Gasteiger partial charge in [-0.1, -0.05) is 42.5 Å². The quantitative estimate of drug-likeness (QED) is 0.723. The third-order valence-electron chi connectivity index (χ3n) is 4.86. The number of benzene rings is 1. The van der Waals surface area contributed by atoms with Crippen molar-refractivity contribution < 1.29 is 4.39 Å². The minimum Gasteiger partial charge on any atom is -0.241 e. The van der Waals surface area contributed by atoms with E-state index in [0.717, 1.165) is 17.3 Å². The first-order valence-electron chi connectivity index (χ1n) is 8.18. The maximum Gasteiger partial charge on any atom is 0.270 e. The van der Waals surface area contributed by atoms with Crippen molar-refractivity contribution in [2.75, 3.05) is 0 Å². The summed E-state index contributed by atoms with van der Waals surface area (Å²) in [5, 5.41) is 9.99. The zero-order valence-electron chi connectivity index (χ0n) is 13.0. The Kier molecular flexibility index (Phi) is 2.92. The number of hydrogen-bond acceptors (Lipinski definition) is 3. The van der Waals surface area contributed by atoms with Crippen molar-refractivity contribution >= 4 is 10.9 Å².